The minimum atomic E-state index is -1.49. The Bertz CT molecular complexity index is 1440. The molecule has 0 aliphatic carbocycles. The summed E-state index contributed by atoms with van der Waals surface area (Å²) < 4.78 is 33.4. The monoisotopic (exact) mass is 674 g/mol. The number of piperidine rings is 1. The first-order valence-electron chi connectivity index (χ1n) is 16.7. The van der Waals surface area contributed by atoms with E-state index in [1.54, 1.807) is 0 Å². The predicted molar refractivity (Wildman–Crippen MR) is 166 cm³/mol. The molecule has 48 heavy (non-hydrogen) atoms. The average Bonchev–Trinajstić information content (AvgIpc) is 3.68. The zero-order chi connectivity index (χ0) is 34.9. The second-order valence-electron chi connectivity index (χ2n) is 13.5. The van der Waals surface area contributed by atoms with Gasteiger partial charge in [0, 0.05) is 25.7 Å². The number of amides is 5. The van der Waals surface area contributed by atoms with Gasteiger partial charge in [-0.15, -0.1) is 0 Å². The fourth-order valence-electron chi connectivity index (χ4n) is 7.30. The third kappa shape index (κ3) is 7.45. The van der Waals surface area contributed by atoms with Crippen molar-refractivity contribution in [1.29, 1.82) is 0 Å². The molecule has 5 amide bonds. The SMILES string of the molecule is C[C@@H]1C[C@H]2C(=O)O[C@@H](C)[C@H](NC(=O)[C@@H](N)Cc3cc(F)cc(F)c3)C(=O)N3CCC[C@H]3C(=O)N3CCCC[C@H]3C(=O)N[C@@H](C)C(=O)N2C1. The number of halogens is 2. The Morgan fingerprint density at radius 1 is 0.896 bits per heavy atom. The largest absolute Gasteiger partial charge is 0.458 e. The molecule has 0 unspecified atom stereocenters. The van der Waals surface area contributed by atoms with E-state index in [4.69, 9.17) is 10.5 Å². The molecule has 1 aromatic carbocycles. The number of hydrogen-bond donors (Lipinski definition) is 3. The molecule has 262 valence electrons. The van der Waals surface area contributed by atoms with Gasteiger partial charge >= 0.3 is 5.97 Å². The van der Waals surface area contributed by atoms with Gasteiger partial charge in [-0.3, -0.25) is 24.0 Å². The normalized spacial score (nSPS) is 31.1. The molecule has 0 radical (unpaired) electrons. The van der Waals surface area contributed by atoms with Crippen LogP contribution in [0, 0.1) is 17.6 Å². The minimum absolute atomic E-state index is 0.0635. The van der Waals surface area contributed by atoms with Crippen LogP contribution in [0.3, 0.4) is 0 Å². The first-order valence-corrected chi connectivity index (χ1v) is 16.7. The number of benzene rings is 1. The number of carbonyl (C=O) groups is 6. The van der Waals surface area contributed by atoms with Gasteiger partial charge in [0.1, 0.15) is 47.9 Å². The number of nitrogens with one attached hydrogen (secondary N) is 2. The summed E-state index contributed by atoms with van der Waals surface area (Å²) in [6.45, 7) is 5.56. The highest BCUT2D eigenvalue weighted by Crippen LogP contribution is 2.28. The second-order valence-corrected chi connectivity index (χ2v) is 13.5. The first-order chi connectivity index (χ1) is 22.7. The van der Waals surface area contributed by atoms with E-state index in [0.717, 1.165) is 12.1 Å². The van der Waals surface area contributed by atoms with Crippen molar-refractivity contribution in [3.05, 3.63) is 35.4 Å². The van der Waals surface area contributed by atoms with Gasteiger partial charge in [0.2, 0.25) is 29.5 Å². The molecule has 8 atom stereocenters. The molecule has 0 bridgehead atoms. The van der Waals surface area contributed by atoms with Gasteiger partial charge in [0.05, 0.1) is 6.04 Å². The maximum Gasteiger partial charge on any atom is 0.329 e. The van der Waals surface area contributed by atoms with Crippen LogP contribution in [-0.4, -0.2) is 112 Å². The van der Waals surface area contributed by atoms with Gasteiger partial charge < -0.3 is 35.8 Å². The molecule has 4 aliphatic rings. The van der Waals surface area contributed by atoms with Crippen LogP contribution in [0.4, 0.5) is 8.78 Å². The van der Waals surface area contributed by atoms with Crippen molar-refractivity contribution in [1.82, 2.24) is 25.3 Å². The highest BCUT2D eigenvalue weighted by atomic mass is 19.1. The van der Waals surface area contributed by atoms with Crippen LogP contribution in [0.15, 0.2) is 18.2 Å². The summed E-state index contributed by atoms with van der Waals surface area (Å²) in [5.41, 5.74) is 6.25. The molecular formula is C33H44F2N6O7. The van der Waals surface area contributed by atoms with Crippen LogP contribution in [-0.2, 0) is 39.9 Å². The van der Waals surface area contributed by atoms with Crippen molar-refractivity contribution in [2.75, 3.05) is 19.6 Å². The van der Waals surface area contributed by atoms with E-state index in [0.29, 0.717) is 44.7 Å². The Kier molecular flexibility index (Phi) is 10.7. The smallest absolute Gasteiger partial charge is 0.329 e. The van der Waals surface area contributed by atoms with E-state index in [-0.39, 0.29) is 37.4 Å². The van der Waals surface area contributed by atoms with Crippen molar-refractivity contribution in [2.45, 2.75) is 108 Å². The zero-order valence-corrected chi connectivity index (χ0v) is 27.5. The maximum atomic E-state index is 14.3. The highest BCUT2D eigenvalue weighted by molar-refractivity contribution is 5.97. The Morgan fingerprint density at radius 2 is 1.54 bits per heavy atom. The van der Waals surface area contributed by atoms with Gasteiger partial charge in [-0.25, -0.2) is 13.6 Å². The molecule has 4 N–H and O–H groups in total. The Hall–Kier alpha value is -4.14. The number of cyclic esters (lactones) is 1. The van der Waals surface area contributed by atoms with Gasteiger partial charge in [0.25, 0.3) is 0 Å². The lowest BCUT2D eigenvalue weighted by Gasteiger charge is -2.39. The molecule has 5 rings (SSSR count). The molecule has 4 saturated heterocycles. The van der Waals surface area contributed by atoms with E-state index >= 15 is 0 Å². The summed E-state index contributed by atoms with van der Waals surface area (Å²) in [5, 5.41) is 5.33. The molecule has 4 aliphatic heterocycles. The third-order valence-corrected chi connectivity index (χ3v) is 9.75. The van der Waals surface area contributed by atoms with Gasteiger partial charge in [-0.2, -0.15) is 0 Å². The minimum Gasteiger partial charge on any atom is -0.458 e. The first kappa shape index (κ1) is 35.2. The summed E-state index contributed by atoms with van der Waals surface area (Å²) in [7, 11) is 0. The lowest BCUT2D eigenvalue weighted by atomic mass is 9.99. The standard InChI is InChI=1S/C33H44F2N6O7/c1-17-11-26-33(47)48-19(3)27(38-28(42)23(36)14-20-12-21(34)15-22(35)13-20)32(46)40-10-6-8-25(40)31(45)39-9-5-4-7-24(39)29(43)37-18(2)30(44)41(26)16-17/h12-13,15,17-19,23-27H,4-11,14,16,36H2,1-3H3,(H,37,43)(H,38,42)/t17-,18+,19+,23+,24+,25+,26+,27+/m1/s1. The van der Waals surface area contributed by atoms with E-state index < -0.39 is 89.5 Å². The van der Waals surface area contributed by atoms with Crippen LogP contribution in [0.2, 0.25) is 0 Å². The topological polar surface area (TPSA) is 171 Å². The Balaban J connectivity index is 1.47. The molecule has 4 heterocycles. The van der Waals surface area contributed by atoms with Crippen LogP contribution in [0.5, 0.6) is 0 Å². The second kappa shape index (κ2) is 14.5. The van der Waals surface area contributed by atoms with Crippen LogP contribution >= 0.6 is 0 Å². The molecule has 15 heteroatoms. The molecule has 0 saturated carbocycles. The number of carbonyl (C=O) groups excluding carboxylic acids is 6. The van der Waals surface area contributed by atoms with Crippen LogP contribution in [0.1, 0.15) is 64.9 Å². The molecular weight excluding hydrogens is 630 g/mol. The zero-order valence-electron chi connectivity index (χ0n) is 27.5. The van der Waals surface area contributed by atoms with E-state index in [1.165, 1.54) is 28.5 Å². The van der Waals surface area contributed by atoms with E-state index in [2.05, 4.69) is 10.6 Å². The average molecular weight is 675 g/mol. The number of fused-ring (bicyclic) bond motifs is 3. The Morgan fingerprint density at radius 3 is 2.25 bits per heavy atom. The number of nitrogens with two attached hydrogens (primary N) is 1. The predicted octanol–water partition coefficient (Wildman–Crippen LogP) is 0.379. The highest BCUT2D eigenvalue weighted by Gasteiger charge is 2.47. The third-order valence-electron chi connectivity index (χ3n) is 9.75. The van der Waals surface area contributed by atoms with Crippen molar-refractivity contribution in [3.8, 4) is 0 Å². The lowest BCUT2D eigenvalue weighted by molar-refractivity contribution is -0.163. The molecule has 1 aromatic rings. The summed E-state index contributed by atoms with van der Waals surface area (Å²) in [6, 6.07) is -3.79. The Labute approximate surface area is 277 Å². The van der Waals surface area contributed by atoms with Crippen molar-refractivity contribution < 1.29 is 42.3 Å². The fraction of sp³-hybridized carbons (Fsp3) is 0.636. The van der Waals surface area contributed by atoms with Gasteiger partial charge in [-0.05, 0) is 82.4 Å². The van der Waals surface area contributed by atoms with Crippen molar-refractivity contribution >= 4 is 35.5 Å². The van der Waals surface area contributed by atoms with Gasteiger partial charge in [-0.1, -0.05) is 6.92 Å². The molecule has 4 fully saturated rings. The number of rotatable bonds is 4. The van der Waals surface area contributed by atoms with Crippen LogP contribution < -0.4 is 16.4 Å². The van der Waals surface area contributed by atoms with Crippen molar-refractivity contribution in [3.63, 3.8) is 0 Å². The number of ether oxygens (including phenoxy) is 1. The van der Waals surface area contributed by atoms with E-state index in [1.807, 2.05) is 6.92 Å². The number of hydrogen-bond acceptors (Lipinski definition) is 8. The van der Waals surface area contributed by atoms with E-state index in [9.17, 15) is 37.5 Å². The molecule has 0 spiro atoms. The van der Waals surface area contributed by atoms with Gasteiger partial charge in [0.15, 0.2) is 0 Å². The summed E-state index contributed by atoms with van der Waals surface area (Å²) in [6.07, 6.45) is 1.32. The molecule has 0 aromatic heterocycles. The maximum absolute atomic E-state index is 14.3. The lowest BCUT2D eigenvalue weighted by Crippen LogP contribution is -2.62. The van der Waals surface area contributed by atoms with Crippen LogP contribution in [0.25, 0.3) is 0 Å². The number of esters is 1. The summed E-state index contributed by atoms with van der Waals surface area (Å²) >= 11 is 0. The fourth-order valence-corrected chi connectivity index (χ4v) is 7.30. The summed E-state index contributed by atoms with van der Waals surface area (Å²) in [4.78, 5) is 86.6. The molecule has 13 nitrogen and oxygen atoms in total. The quantitative estimate of drug-likeness (QED) is 0.385. The van der Waals surface area contributed by atoms with Crippen molar-refractivity contribution in [2.24, 2.45) is 11.7 Å². The summed E-state index contributed by atoms with van der Waals surface area (Å²) in [5.74, 6) is -5.44. The number of nitrogens with zero attached hydrogens (tertiary/aromatic N) is 3.